The zero-order valence-corrected chi connectivity index (χ0v) is 19.3. The van der Waals surface area contributed by atoms with Gasteiger partial charge in [-0.1, -0.05) is 44.2 Å². The molecule has 4 atom stereocenters. The lowest BCUT2D eigenvalue weighted by Crippen LogP contribution is -2.58. The molecule has 176 valence electrons. The second-order valence-electron chi connectivity index (χ2n) is 8.29. The Morgan fingerprint density at radius 3 is 2.31 bits per heavy atom. The third kappa shape index (κ3) is 6.70. The van der Waals surface area contributed by atoms with Gasteiger partial charge in [0.2, 0.25) is 17.7 Å². The van der Waals surface area contributed by atoms with Crippen LogP contribution in [0.1, 0.15) is 32.3 Å². The average Bonchev–Trinajstić information content (AvgIpc) is 3.26. The van der Waals surface area contributed by atoms with Gasteiger partial charge in [-0.05, 0) is 24.3 Å². The van der Waals surface area contributed by atoms with E-state index < -0.39 is 47.9 Å². The van der Waals surface area contributed by atoms with Crippen LogP contribution in [0.4, 0.5) is 0 Å². The third-order valence-electron chi connectivity index (χ3n) is 5.55. The highest BCUT2D eigenvalue weighted by molar-refractivity contribution is 7.80. The van der Waals surface area contributed by atoms with E-state index in [0.29, 0.717) is 19.4 Å². The Morgan fingerprint density at radius 2 is 1.75 bits per heavy atom. The smallest absolute Gasteiger partial charge is 0.326 e. The summed E-state index contributed by atoms with van der Waals surface area (Å²) < 4.78 is 0. The van der Waals surface area contributed by atoms with E-state index in [2.05, 4.69) is 23.3 Å². The first-order valence-corrected chi connectivity index (χ1v) is 11.3. The second kappa shape index (κ2) is 11.9. The van der Waals surface area contributed by atoms with Crippen LogP contribution in [0.15, 0.2) is 30.3 Å². The molecule has 4 unspecified atom stereocenters. The summed E-state index contributed by atoms with van der Waals surface area (Å²) in [5, 5.41) is 14.7. The number of nitrogens with zero attached hydrogens (tertiary/aromatic N) is 1. The van der Waals surface area contributed by atoms with Crippen LogP contribution < -0.4 is 16.4 Å². The molecule has 1 fully saturated rings. The molecule has 1 heterocycles. The lowest BCUT2D eigenvalue weighted by molar-refractivity contribution is -0.149. The molecule has 0 radical (unpaired) electrons. The van der Waals surface area contributed by atoms with Gasteiger partial charge in [0, 0.05) is 18.7 Å². The lowest BCUT2D eigenvalue weighted by Gasteiger charge is -2.29. The number of amides is 3. The molecule has 0 aromatic heterocycles. The van der Waals surface area contributed by atoms with Gasteiger partial charge in [-0.15, -0.1) is 0 Å². The van der Waals surface area contributed by atoms with Crippen molar-refractivity contribution in [2.75, 3.05) is 12.3 Å². The van der Waals surface area contributed by atoms with Gasteiger partial charge in [-0.25, -0.2) is 4.79 Å². The Balaban J connectivity index is 2.19. The summed E-state index contributed by atoms with van der Waals surface area (Å²) >= 11 is 4.16. The van der Waals surface area contributed by atoms with E-state index in [0.717, 1.165) is 5.56 Å². The molecule has 10 heteroatoms. The second-order valence-corrected chi connectivity index (χ2v) is 8.66. The number of benzene rings is 1. The van der Waals surface area contributed by atoms with Gasteiger partial charge in [-0.2, -0.15) is 12.6 Å². The van der Waals surface area contributed by atoms with E-state index >= 15 is 0 Å². The highest BCUT2D eigenvalue weighted by Crippen LogP contribution is 2.19. The van der Waals surface area contributed by atoms with E-state index in [9.17, 15) is 24.3 Å². The number of carboxylic acids is 1. The first-order chi connectivity index (χ1) is 15.1. The minimum absolute atomic E-state index is 0.0100. The molecule has 1 aromatic carbocycles. The molecule has 0 bridgehead atoms. The van der Waals surface area contributed by atoms with Gasteiger partial charge in [-0.3, -0.25) is 14.4 Å². The van der Waals surface area contributed by atoms with Gasteiger partial charge in [0.05, 0.1) is 6.04 Å². The molecule has 1 aliphatic rings. The van der Waals surface area contributed by atoms with Gasteiger partial charge in [0.15, 0.2) is 0 Å². The van der Waals surface area contributed by atoms with Gasteiger partial charge in [0.25, 0.3) is 0 Å². The first-order valence-electron chi connectivity index (χ1n) is 10.7. The number of aliphatic carboxylic acids is 1. The van der Waals surface area contributed by atoms with Crippen LogP contribution >= 0.6 is 12.6 Å². The normalized spacial score (nSPS) is 18.7. The molecule has 0 spiro atoms. The zero-order chi connectivity index (χ0) is 23.8. The highest BCUT2D eigenvalue weighted by atomic mass is 32.1. The summed E-state index contributed by atoms with van der Waals surface area (Å²) in [6, 6.07) is 5.45. The number of likely N-dealkylation sites (tertiary alicyclic amines) is 1. The van der Waals surface area contributed by atoms with Crippen molar-refractivity contribution in [1.82, 2.24) is 15.5 Å². The van der Waals surface area contributed by atoms with Crippen LogP contribution in [0.2, 0.25) is 0 Å². The van der Waals surface area contributed by atoms with Crippen LogP contribution in [0, 0.1) is 5.92 Å². The standard InChI is InChI=1S/C22H32N4O5S/c1-13(2)18(23)20(28)25-16(12-32)19(27)24-15(11-14-7-4-3-5-8-14)21(29)26-10-6-9-17(26)22(30)31/h3-5,7-8,13,15-18,32H,6,9-12,23H2,1-2H3,(H,24,27)(H,25,28)(H,30,31). The van der Waals surface area contributed by atoms with Crippen molar-refractivity contribution in [3.8, 4) is 0 Å². The van der Waals surface area contributed by atoms with Crippen molar-refractivity contribution in [3.05, 3.63) is 35.9 Å². The van der Waals surface area contributed by atoms with E-state index in [1.54, 1.807) is 13.8 Å². The summed E-state index contributed by atoms with van der Waals surface area (Å²) in [4.78, 5) is 51.4. The van der Waals surface area contributed by atoms with Crippen LogP contribution in [0.25, 0.3) is 0 Å². The molecular weight excluding hydrogens is 432 g/mol. The molecule has 0 saturated carbocycles. The van der Waals surface area contributed by atoms with E-state index in [1.165, 1.54) is 4.90 Å². The Labute approximate surface area is 193 Å². The molecule has 2 rings (SSSR count). The van der Waals surface area contributed by atoms with Crippen molar-refractivity contribution < 1.29 is 24.3 Å². The Kier molecular flexibility index (Phi) is 9.52. The van der Waals surface area contributed by atoms with Crippen LogP contribution in [0.5, 0.6) is 0 Å². The average molecular weight is 465 g/mol. The molecular formula is C22H32N4O5S. The summed E-state index contributed by atoms with van der Waals surface area (Å²) in [6.45, 7) is 3.90. The molecule has 32 heavy (non-hydrogen) atoms. The first kappa shape index (κ1) is 25.7. The lowest BCUT2D eigenvalue weighted by atomic mass is 10.0. The monoisotopic (exact) mass is 464 g/mol. The van der Waals surface area contributed by atoms with Crippen LogP contribution in [-0.2, 0) is 25.6 Å². The Morgan fingerprint density at radius 1 is 1.12 bits per heavy atom. The maximum atomic E-state index is 13.3. The molecule has 5 N–H and O–H groups in total. The number of carbonyl (C=O) groups excluding carboxylic acids is 3. The van der Waals surface area contributed by atoms with Gasteiger partial charge >= 0.3 is 5.97 Å². The molecule has 9 nitrogen and oxygen atoms in total. The number of thiol groups is 1. The largest absolute Gasteiger partial charge is 0.480 e. The van der Waals surface area contributed by atoms with Crippen molar-refractivity contribution in [2.24, 2.45) is 11.7 Å². The fourth-order valence-corrected chi connectivity index (χ4v) is 3.83. The number of hydrogen-bond acceptors (Lipinski definition) is 6. The number of rotatable bonds is 10. The van der Waals surface area contributed by atoms with Gasteiger partial charge < -0.3 is 26.4 Å². The Bertz CT molecular complexity index is 820. The fraction of sp³-hybridized carbons (Fsp3) is 0.545. The quantitative estimate of drug-likeness (QED) is 0.313. The number of carbonyl (C=O) groups is 4. The topological polar surface area (TPSA) is 142 Å². The van der Waals surface area contributed by atoms with Crippen molar-refractivity contribution >= 4 is 36.3 Å². The maximum Gasteiger partial charge on any atom is 0.326 e. The summed E-state index contributed by atoms with van der Waals surface area (Å²) in [6.07, 6.45) is 1.14. The van der Waals surface area contributed by atoms with E-state index in [4.69, 9.17) is 5.73 Å². The summed E-state index contributed by atoms with van der Waals surface area (Å²) in [7, 11) is 0. The van der Waals surface area contributed by atoms with Crippen molar-refractivity contribution in [2.45, 2.75) is 57.3 Å². The van der Waals surface area contributed by atoms with Crippen molar-refractivity contribution in [1.29, 1.82) is 0 Å². The predicted molar refractivity (Wildman–Crippen MR) is 123 cm³/mol. The fourth-order valence-electron chi connectivity index (χ4n) is 3.57. The molecule has 0 aliphatic carbocycles. The summed E-state index contributed by atoms with van der Waals surface area (Å²) in [5.74, 6) is -2.70. The summed E-state index contributed by atoms with van der Waals surface area (Å²) in [5.41, 5.74) is 6.67. The van der Waals surface area contributed by atoms with Crippen molar-refractivity contribution in [3.63, 3.8) is 0 Å². The number of nitrogens with two attached hydrogens (primary N) is 1. The number of carboxylic acid groups (broad SMARTS) is 1. The molecule has 1 aliphatic heterocycles. The maximum absolute atomic E-state index is 13.3. The van der Waals surface area contributed by atoms with E-state index in [-0.39, 0.29) is 18.1 Å². The minimum Gasteiger partial charge on any atom is -0.480 e. The minimum atomic E-state index is -1.07. The zero-order valence-electron chi connectivity index (χ0n) is 18.4. The highest BCUT2D eigenvalue weighted by Gasteiger charge is 2.38. The molecule has 1 aromatic rings. The molecule has 3 amide bonds. The van der Waals surface area contributed by atoms with E-state index in [1.807, 2.05) is 30.3 Å². The van der Waals surface area contributed by atoms with Crippen LogP contribution in [-0.4, -0.2) is 70.2 Å². The van der Waals surface area contributed by atoms with Gasteiger partial charge in [0.1, 0.15) is 18.1 Å². The predicted octanol–water partition coefficient (Wildman–Crippen LogP) is 0.187. The SMILES string of the molecule is CC(C)C(N)C(=O)NC(CS)C(=O)NC(Cc1ccccc1)C(=O)N1CCCC1C(=O)O. The third-order valence-corrected chi connectivity index (χ3v) is 5.92. The number of nitrogens with one attached hydrogen (secondary N) is 2. The number of hydrogen-bond donors (Lipinski definition) is 5. The molecule has 1 saturated heterocycles. The van der Waals surface area contributed by atoms with Crippen LogP contribution in [0.3, 0.4) is 0 Å². The Hall–Kier alpha value is -2.59.